The molecule has 28 heteroatoms. The molecule has 0 unspecified atom stereocenters. The van der Waals surface area contributed by atoms with Gasteiger partial charge in [0.05, 0.1) is 5.56 Å². The number of carbonyl (C=O) groups is 13. The van der Waals surface area contributed by atoms with Gasteiger partial charge in [0.15, 0.2) is 0 Å². The smallest absolute Gasteiger partial charge is 0.335 e. The lowest BCUT2D eigenvalue weighted by atomic mass is 9.92. The van der Waals surface area contributed by atoms with Crippen LogP contribution in [0, 0.1) is 41.4 Å². The number of aliphatic hydroxyl groups is 1. The molecule has 12 atom stereocenters. The van der Waals surface area contributed by atoms with E-state index in [1.165, 1.54) is 134 Å². The highest BCUT2D eigenvalue weighted by Crippen LogP contribution is 2.27. The summed E-state index contributed by atoms with van der Waals surface area (Å²) >= 11 is 1.37. The van der Waals surface area contributed by atoms with Crippen molar-refractivity contribution in [2.45, 2.75) is 267 Å². The largest absolute Gasteiger partial charge is 0.478 e. The van der Waals surface area contributed by atoms with Crippen LogP contribution in [0.25, 0.3) is 0 Å². The molecule has 1 saturated heterocycles. The molecule has 7 N–H and O–H groups in total. The van der Waals surface area contributed by atoms with E-state index in [2.05, 4.69) is 26.6 Å². The topological polar surface area (TPSA) is 345 Å². The Bertz CT molecular complexity index is 3060. The van der Waals surface area contributed by atoms with Crippen LogP contribution >= 0.6 is 11.8 Å². The molecule has 0 spiro atoms. The number of thioether (sulfide) groups is 1. The molecule has 0 aromatic heterocycles. The maximum Gasteiger partial charge on any atom is 0.335 e. The number of carbonyl (C=O) groups excluding carboxylic acids is 12. The number of unbranched alkanes of at least 4 members (excludes halogenated alkanes) is 4. The van der Waals surface area contributed by atoms with Crippen molar-refractivity contribution in [2.24, 2.45) is 41.4 Å². The van der Waals surface area contributed by atoms with Gasteiger partial charge < -0.3 is 71.1 Å². The van der Waals surface area contributed by atoms with E-state index in [4.69, 9.17) is 0 Å². The van der Waals surface area contributed by atoms with Crippen molar-refractivity contribution in [3.05, 3.63) is 35.4 Å². The number of carboxylic acids is 1. The predicted molar refractivity (Wildman–Crippen MR) is 414 cm³/mol. The van der Waals surface area contributed by atoms with E-state index in [-0.39, 0.29) is 91.9 Å². The fourth-order valence-corrected chi connectivity index (χ4v) is 14.4. The Hall–Kier alpha value is -7.36. The molecule has 0 aliphatic carbocycles. The lowest BCUT2D eigenvalue weighted by Crippen LogP contribution is -2.62. The van der Waals surface area contributed by atoms with Gasteiger partial charge in [-0.15, -0.1) is 0 Å². The second kappa shape index (κ2) is 46.1. The number of nitrogens with one attached hydrogen (secondary N) is 5. The predicted octanol–water partition coefficient (Wildman–Crippen LogP) is 6.68. The van der Waals surface area contributed by atoms with Crippen LogP contribution in [0.2, 0.25) is 0 Å². The molecule has 1 aliphatic heterocycles. The monoisotopic (exact) mass is 1510 g/mol. The minimum Gasteiger partial charge on any atom is -0.478 e. The van der Waals surface area contributed by atoms with Gasteiger partial charge in [-0.05, 0) is 149 Å². The first kappa shape index (κ1) is 94.7. The Kier molecular flexibility index (Phi) is 41.2. The fraction of sp³-hybridized carbons (Fsp3) is 0.756. The van der Waals surface area contributed by atoms with Crippen LogP contribution in [-0.2, 0) is 52.7 Å². The molecular weight excluding hydrogens is 1380 g/mol. The van der Waals surface area contributed by atoms with Crippen LogP contribution in [0.3, 0.4) is 0 Å². The standard InChI is InChI=1S/C78H134N12O15S/c1-24-57-72(98)89(22)63(45-106-40-30-29-39-91)75(101)85(18)60(42-48(6)7)70(96)83-64(50(10)11)76(102)86(19)59(41-47(4)5)68(94)80-53(15)66(92)81-54(16)71(97)88(21)62(43-49(8)9)74(100)84(17)58(37-32-46(2)3)73(99)90(23)65(51(12)13)77(103)87(20)61(69(95)82-57)44-52(14)31-27-25-26-28-38-79-67(93)55-33-35-56(36-34-55)78(104)105/h33-36,46-54,57-65,91H,24-32,37-45H2,1-23H3,(H,79,93)(H,80,94)(H,81,92)(H,82,95)(H,83,96)(H,104,105)/t52-,53-,54+,57-,58-,59-,60+,61-,62+,63-,64-,65-/m1/s1. The van der Waals surface area contributed by atoms with Crippen molar-refractivity contribution in [1.82, 2.24) is 60.9 Å². The number of benzene rings is 1. The second-order valence-corrected chi connectivity index (χ2v) is 32.8. The first-order chi connectivity index (χ1) is 49.5. The Morgan fingerprint density at radius 2 is 0.906 bits per heavy atom. The van der Waals surface area contributed by atoms with Crippen molar-refractivity contribution < 1.29 is 72.5 Å². The fourth-order valence-electron chi connectivity index (χ4n) is 13.2. The molecule has 1 fully saturated rings. The first-order valence-corrected chi connectivity index (χ1v) is 39.5. The number of nitrogens with zero attached hydrogens (tertiary/aromatic N) is 7. The van der Waals surface area contributed by atoms with Crippen LogP contribution in [0.15, 0.2) is 24.3 Å². The summed E-state index contributed by atoms with van der Waals surface area (Å²) in [4.78, 5) is 199. The Morgan fingerprint density at radius 1 is 0.453 bits per heavy atom. The molecular formula is C78H134N12O15S. The highest BCUT2D eigenvalue weighted by atomic mass is 32.2. The van der Waals surface area contributed by atoms with E-state index in [9.17, 15) is 43.8 Å². The van der Waals surface area contributed by atoms with Gasteiger partial charge in [-0.3, -0.25) is 57.5 Å². The molecule has 27 nitrogen and oxygen atoms in total. The molecule has 602 valence electrons. The van der Waals surface area contributed by atoms with Gasteiger partial charge >= 0.3 is 5.97 Å². The lowest BCUT2D eigenvalue weighted by molar-refractivity contribution is -0.156. The number of hydrogen-bond donors (Lipinski definition) is 7. The van der Waals surface area contributed by atoms with E-state index in [1.807, 2.05) is 62.3 Å². The number of aromatic carboxylic acids is 1. The van der Waals surface area contributed by atoms with Crippen LogP contribution in [0.1, 0.15) is 221 Å². The number of amides is 12. The maximum atomic E-state index is 15.6. The highest BCUT2D eigenvalue weighted by Gasteiger charge is 2.45. The van der Waals surface area contributed by atoms with Gasteiger partial charge in [0.2, 0.25) is 65.0 Å². The van der Waals surface area contributed by atoms with Crippen LogP contribution in [-0.4, -0.2) is 262 Å². The number of rotatable bonds is 29. The zero-order valence-corrected chi connectivity index (χ0v) is 69.0. The molecule has 1 aromatic rings. The second-order valence-electron chi connectivity index (χ2n) is 31.6. The molecule has 1 aromatic carbocycles. The van der Waals surface area contributed by atoms with E-state index in [0.29, 0.717) is 56.4 Å². The van der Waals surface area contributed by atoms with Crippen LogP contribution in [0.5, 0.6) is 0 Å². The molecule has 12 amide bonds. The van der Waals surface area contributed by atoms with Gasteiger partial charge in [0, 0.05) is 73.8 Å². The SMILES string of the molecule is CC[C@H]1NC(=O)[C@@H](C[C@H](C)CCCCCCNC(=O)c2ccc(C(=O)O)cc2)N(C)C(=O)[C@@H](C(C)C)N(C)C(=O)[C@@H](CCC(C)C)N(C)C(=O)[C@H](CC(C)C)N(C)C(=O)[C@H](C)NC(=O)[C@@H](C)NC(=O)[C@@H](CC(C)C)N(C)C(=O)[C@@H](C(C)C)NC(=O)[C@H](CC(C)C)N(C)C(=O)[C@@H](CSCCCCO)N(C)C1=O. The van der Waals surface area contributed by atoms with Gasteiger partial charge in [-0.2, -0.15) is 11.8 Å². The van der Waals surface area contributed by atoms with E-state index in [1.54, 1.807) is 34.6 Å². The zero-order chi connectivity index (χ0) is 80.9. The molecule has 0 bridgehead atoms. The quantitative estimate of drug-likeness (QED) is 0.0412. The average molecular weight is 1510 g/mol. The minimum atomic E-state index is -1.26. The van der Waals surface area contributed by atoms with Crippen molar-refractivity contribution in [2.75, 3.05) is 74.0 Å². The number of hydrogen-bond acceptors (Lipinski definition) is 15. The van der Waals surface area contributed by atoms with E-state index < -0.39 is 149 Å². The molecule has 1 aliphatic rings. The van der Waals surface area contributed by atoms with Gasteiger partial charge in [-0.1, -0.05) is 123 Å². The number of aliphatic hydroxyl groups excluding tert-OH is 1. The highest BCUT2D eigenvalue weighted by molar-refractivity contribution is 7.99. The van der Waals surface area contributed by atoms with Crippen molar-refractivity contribution in [3.63, 3.8) is 0 Å². The van der Waals surface area contributed by atoms with Gasteiger partial charge in [-0.25, -0.2) is 4.79 Å². The molecule has 106 heavy (non-hydrogen) atoms. The Morgan fingerprint density at radius 3 is 1.42 bits per heavy atom. The van der Waals surface area contributed by atoms with Gasteiger partial charge in [0.1, 0.15) is 66.5 Å². The lowest BCUT2D eigenvalue weighted by Gasteiger charge is -2.41. The summed E-state index contributed by atoms with van der Waals surface area (Å²) in [6.45, 7) is 29.1. The summed E-state index contributed by atoms with van der Waals surface area (Å²) in [5.41, 5.74) is 0.398. The van der Waals surface area contributed by atoms with E-state index >= 15 is 28.8 Å². The number of likely N-dealkylation sites (N-methyl/N-ethyl adjacent to an activating group) is 7. The summed E-state index contributed by atoms with van der Waals surface area (Å²) in [5, 5.41) is 33.1. The summed E-state index contributed by atoms with van der Waals surface area (Å²) in [7, 11) is 10.3. The van der Waals surface area contributed by atoms with Crippen LogP contribution < -0.4 is 26.6 Å². The van der Waals surface area contributed by atoms with Crippen molar-refractivity contribution >= 4 is 88.6 Å². The molecule has 1 heterocycles. The van der Waals surface area contributed by atoms with Crippen LogP contribution in [0.4, 0.5) is 0 Å². The van der Waals surface area contributed by atoms with Gasteiger partial charge in [0.25, 0.3) is 5.91 Å². The third-order valence-corrected chi connectivity index (χ3v) is 21.2. The maximum absolute atomic E-state index is 15.6. The summed E-state index contributed by atoms with van der Waals surface area (Å²) in [5.74, 6) is -9.68. The summed E-state index contributed by atoms with van der Waals surface area (Å²) in [6.07, 6.45) is 5.74. The Labute approximate surface area is 637 Å². The number of carboxylic acid groups (broad SMARTS) is 1. The molecule has 0 radical (unpaired) electrons. The molecule has 0 saturated carbocycles. The zero-order valence-electron chi connectivity index (χ0n) is 68.2. The normalized spacial score (nSPS) is 24.1. The minimum absolute atomic E-state index is 0.0364. The van der Waals surface area contributed by atoms with E-state index in [0.717, 1.165) is 12.8 Å². The summed E-state index contributed by atoms with van der Waals surface area (Å²) in [6, 6.07) is -7.66. The van der Waals surface area contributed by atoms with Crippen molar-refractivity contribution in [1.29, 1.82) is 0 Å². The third-order valence-electron chi connectivity index (χ3n) is 20.0. The molecule has 2 rings (SSSR count). The average Bonchev–Trinajstić information content (AvgIpc) is 0.785. The first-order valence-electron chi connectivity index (χ1n) is 38.4. The summed E-state index contributed by atoms with van der Waals surface area (Å²) < 4.78 is 0. The Balaban J connectivity index is 3.00. The van der Waals surface area contributed by atoms with Crippen molar-refractivity contribution in [3.8, 4) is 0 Å². The third kappa shape index (κ3) is 29.0.